The van der Waals surface area contributed by atoms with Crippen molar-refractivity contribution in [1.29, 1.82) is 0 Å². The highest BCUT2D eigenvalue weighted by Crippen LogP contribution is 2.28. The number of imidazole rings is 1. The van der Waals surface area contributed by atoms with Crippen LogP contribution in [0.4, 0.5) is 11.5 Å². The fraction of sp³-hybridized carbons (Fsp3) is 0.333. The summed E-state index contributed by atoms with van der Waals surface area (Å²) in [5.41, 5.74) is 1.55. The van der Waals surface area contributed by atoms with Gasteiger partial charge in [0.25, 0.3) is 0 Å². The molecule has 11 heteroatoms. The number of hydrogen-bond donors (Lipinski definition) is 1. The second-order valence-corrected chi connectivity index (χ2v) is 9.78. The van der Waals surface area contributed by atoms with E-state index in [1.54, 1.807) is 24.4 Å². The number of anilines is 2. The number of hydrogen-bond acceptors (Lipinski definition) is 7. The Kier molecular flexibility index (Phi) is 5.14. The van der Waals surface area contributed by atoms with Gasteiger partial charge in [0.15, 0.2) is 0 Å². The quantitative estimate of drug-likeness (QED) is 0.635. The third kappa shape index (κ3) is 3.73. The lowest BCUT2D eigenvalue weighted by Crippen LogP contribution is -2.49. The predicted octanol–water partition coefficient (Wildman–Crippen LogP) is 1.37. The molecule has 1 aromatic carbocycles. The highest BCUT2D eigenvalue weighted by atomic mass is 32.2. The Hall–Kier alpha value is -3.31. The summed E-state index contributed by atoms with van der Waals surface area (Å²) in [5.74, 6) is 2.27. The molecule has 0 spiro atoms. The lowest BCUT2D eigenvalue weighted by Gasteiger charge is -2.34. The second-order valence-electron chi connectivity index (χ2n) is 7.84. The molecule has 0 atom stereocenters. The van der Waals surface area contributed by atoms with Crippen molar-refractivity contribution >= 4 is 27.4 Å². The van der Waals surface area contributed by atoms with Gasteiger partial charge in [0, 0.05) is 56.7 Å². The van der Waals surface area contributed by atoms with Gasteiger partial charge in [-0.05, 0) is 37.1 Å². The first-order valence-corrected chi connectivity index (χ1v) is 11.9. The number of carbonyl (C=O) groups excluding carboxylic acids is 1. The molecule has 5 rings (SSSR count). The van der Waals surface area contributed by atoms with E-state index in [-0.39, 0.29) is 10.8 Å². The van der Waals surface area contributed by atoms with E-state index in [0.717, 1.165) is 23.0 Å². The fourth-order valence-corrected chi connectivity index (χ4v) is 5.56. The molecule has 32 heavy (non-hydrogen) atoms. The summed E-state index contributed by atoms with van der Waals surface area (Å²) in [4.78, 5) is 26.8. The van der Waals surface area contributed by atoms with Crippen LogP contribution >= 0.6 is 0 Å². The number of nitrogens with zero attached hydrogens (tertiary/aromatic N) is 6. The van der Waals surface area contributed by atoms with E-state index in [0.29, 0.717) is 44.7 Å². The molecule has 1 amide bonds. The van der Waals surface area contributed by atoms with Gasteiger partial charge in [0.1, 0.15) is 23.8 Å². The number of amides is 1. The highest BCUT2D eigenvalue weighted by molar-refractivity contribution is 7.89. The van der Waals surface area contributed by atoms with Crippen LogP contribution in [0.2, 0.25) is 0 Å². The first-order chi connectivity index (χ1) is 15.4. The lowest BCUT2D eigenvalue weighted by atomic mass is 10.0. The van der Waals surface area contributed by atoms with Gasteiger partial charge in [0.05, 0.1) is 4.90 Å². The Morgan fingerprint density at radius 3 is 2.50 bits per heavy atom. The summed E-state index contributed by atoms with van der Waals surface area (Å²) in [5, 5.41) is 2.79. The zero-order chi connectivity index (χ0) is 22.3. The second kappa shape index (κ2) is 7.99. The molecule has 0 unspecified atom stereocenters. The smallest absolute Gasteiger partial charge is 0.243 e. The van der Waals surface area contributed by atoms with Gasteiger partial charge in [-0.15, -0.1) is 0 Å². The van der Waals surface area contributed by atoms with Crippen LogP contribution in [-0.4, -0.2) is 64.3 Å². The molecule has 166 valence electrons. The Morgan fingerprint density at radius 1 is 0.969 bits per heavy atom. The van der Waals surface area contributed by atoms with Crippen molar-refractivity contribution in [1.82, 2.24) is 23.8 Å². The predicted molar refractivity (Wildman–Crippen MR) is 118 cm³/mol. The van der Waals surface area contributed by atoms with Crippen molar-refractivity contribution < 1.29 is 13.2 Å². The Labute approximate surface area is 186 Å². The number of sulfonamides is 1. The topological polar surface area (TPSA) is 113 Å². The number of benzene rings is 1. The van der Waals surface area contributed by atoms with E-state index in [9.17, 15) is 13.2 Å². The Balaban J connectivity index is 1.31. The first kappa shape index (κ1) is 20.6. The van der Waals surface area contributed by atoms with E-state index in [4.69, 9.17) is 0 Å². The van der Waals surface area contributed by atoms with Crippen molar-refractivity contribution in [3.8, 4) is 5.82 Å². The molecule has 2 aliphatic heterocycles. The molecule has 10 nitrogen and oxygen atoms in total. The van der Waals surface area contributed by atoms with E-state index in [1.165, 1.54) is 10.6 Å². The van der Waals surface area contributed by atoms with E-state index in [1.807, 2.05) is 23.8 Å². The number of carbonyl (C=O) groups is 1. The van der Waals surface area contributed by atoms with E-state index < -0.39 is 10.0 Å². The molecule has 0 aliphatic carbocycles. The molecule has 0 radical (unpaired) electrons. The zero-order valence-corrected chi connectivity index (χ0v) is 18.4. The molecule has 1 saturated heterocycles. The molecule has 1 N–H and O–H groups in total. The largest absolute Gasteiger partial charge is 0.354 e. The average molecular weight is 454 g/mol. The number of aromatic nitrogens is 4. The third-order valence-corrected chi connectivity index (χ3v) is 7.78. The first-order valence-electron chi connectivity index (χ1n) is 10.4. The summed E-state index contributed by atoms with van der Waals surface area (Å²) in [6.07, 6.45) is 5.99. The van der Waals surface area contributed by atoms with Gasteiger partial charge < -0.3 is 10.2 Å². The Morgan fingerprint density at radius 2 is 1.75 bits per heavy atom. The zero-order valence-electron chi connectivity index (χ0n) is 17.6. The Bertz CT molecular complexity index is 1280. The van der Waals surface area contributed by atoms with Crippen molar-refractivity contribution in [3.05, 3.63) is 54.4 Å². The molecule has 3 aromatic rings. The van der Waals surface area contributed by atoms with Gasteiger partial charge in [0.2, 0.25) is 15.9 Å². The maximum absolute atomic E-state index is 13.2. The molecule has 2 aliphatic rings. The van der Waals surface area contributed by atoms with E-state index >= 15 is 0 Å². The standard InChI is InChI=1S/C21H23N7O3S/c1-15-22-6-7-28(15)20-13-19(23-14-24-20)26-8-10-27(11-9-26)32(30,31)17-3-4-18-16(12-17)2-5-21(29)25-18/h3-4,6-7,12-14H,2,5,8-11H2,1H3,(H,25,29). The molecular weight excluding hydrogens is 430 g/mol. The summed E-state index contributed by atoms with van der Waals surface area (Å²) < 4.78 is 29.8. The lowest BCUT2D eigenvalue weighted by molar-refractivity contribution is -0.116. The van der Waals surface area contributed by atoms with Crippen molar-refractivity contribution in [2.24, 2.45) is 0 Å². The van der Waals surface area contributed by atoms with Crippen LogP contribution in [0.5, 0.6) is 0 Å². The SMILES string of the molecule is Cc1nccn1-c1cc(N2CCN(S(=O)(=O)c3ccc4c(c3)CCC(=O)N4)CC2)ncn1. The van der Waals surface area contributed by atoms with Crippen LogP contribution in [0.3, 0.4) is 0 Å². The maximum atomic E-state index is 13.2. The normalized spacial score (nSPS) is 17.2. The molecule has 0 bridgehead atoms. The van der Waals surface area contributed by atoms with Crippen LogP contribution in [0.1, 0.15) is 17.8 Å². The molecule has 0 saturated carbocycles. The van der Waals surface area contributed by atoms with Crippen LogP contribution in [0.25, 0.3) is 5.82 Å². The van der Waals surface area contributed by atoms with Crippen LogP contribution < -0.4 is 10.2 Å². The number of piperazine rings is 1. The van der Waals surface area contributed by atoms with Gasteiger partial charge in [-0.25, -0.2) is 23.4 Å². The molecule has 4 heterocycles. The fourth-order valence-electron chi connectivity index (χ4n) is 4.09. The number of nitrogens with one attached hydrogen (secondary N) is 1. The molecule has 2 aromatic heterocycles. The summed E-state index contributed by atoms with van der Waals surface area (Å²) in [6, 6.07) is 6.81. The van der Waals surface area contributed by atoms with Crippen LogP contribution in [-0.2, 0) is 21.2 Å². The van der Waals surface area contributed by atoms with Gasteiger partial charge in [-0.1, -0.05) is 0 Å². The number of rotatable bonds is 4. The van der Waals surface area contributed by atoms with Crippen LogP contribution in [0.15, 0.2) is 47.9 Å². The van der Waals surface area contributed by atoms with E-state index in [2.05, 4.69) is 25.2 Å². The third-order valence-electron chi connectivity index (χ3n) is 5.88. The van der Waals surface area contributed by atoms with Gasteiger partial charge in [-0.2, -0.15) is 4.31 Å². The van der Waals surface area contributed by atoms with Gasteiger partial charge >= 0.3 is 0 Å². The number of fused-ring (bicyclic) bond motifs is 1. The number of aryl methyl sites for hydroxylation is 2. The average Bonchev–Trinajstić information content (AvgIpc) is 3.24. The highest BCUT2D eigenvalue weighted by Gasteiger charge is 2.30. The maximum Gasteiger partial charge on any atom is 0.243 e. The minimum atomic E-state index is -3.62. The molecule has 1 fully saturated rings. The van der Waals surface area contributed by atoms with Crippen LogP contribution in [0, 0.1) is 6.92 Å². The summed E-state index contributed by atoms with van der Waals surface area (Å²) in [7, 11) is -3.62. The van der Waals surface area contributed by atoms with Gasteiger partial charge in [-0.3, -0.25) is 9.36 Å². The monoisotopic (exact) mass is 453 g/mol. The molecular formula is C21H23N7O3S. The summed E-state index contributed by atoms with van der Waals surface area (Å²) in [6.45, 7) is 3.68. The van der Waals surface area contributed by atoms with Crippen molar-refractivity contribution in [2.75, 3.05) is 36.4 Å². The minimum Gasteiger partial charge on any atom is -0.354 e. The summed E-state index contributed by atoms with van der Waals surface area (Å²) >= 11 is 0. The van der Waals surface area contributed by atoms with Crippen molar-refractivity contribution in [2.45, 2.75) is 24.7 Å². The minimum absolute atomic E-state index is 0.0414. The van der Waals surface area contributed by atoms with Crippen molar-refractivity contribution in [3.63, 3.8) is 0 Å².